The number of halogens is 1. The lowest BCUT2D eigenvalue weighted by Gasteiger charge is -2.14. The summed E-state index contributed by atoms with van der Waals surface area (Å²) in [7, 11) is -1.34. The molecule has 1 aromatic carbocycles. The quantitative estimate of drug-likeness (QED) is 0.157. The molecular weight excluding hydrogens is 521 g/mol. The first-order chi connectivity index (χ1) is 13.8. The molecule has 0 amide bonds. The Morgan fingerprint density at radius 1 is 1.10 bits per heavy atom. The summed E-state index contributed by atoms with van der Waals surface area (Å²) in [6.45, 7) is 6.84. The van der Waals surface area contributed by atoms with Crippen LogP contribution in [0.25, 0.3) is 0 Å². The minimum Gasteiger partial charge on any atom is -0.491 e. The summed E-state index contributed by atoms with van der Waals surface area (Å²) in [5.74, 6) is 1.53. The van der Waals surface area contributed by atoms with Crippen molar-refractivity contribution in [3.8, 4) is 5.75 Å². The Labute approximate surface area is 198 Å². The lowest BCUT2D eigenvalue weighted by atomic mass is 10.3. The van der Waals surface area contributed by atoms with Crippen molar-refractivity contribution in [3.63, 3.8) is 0 Å². The van der Waals surface area contributed by atoms with Gasteiger partial charge in [-0.25, -0.2) is 8.42 Å². The smallest absolute Gasteiger partial charge is 0.195 e. The zero-order valence-electron chi connectivity index (χ0n) is 18.3. The molecule has 0 aliphatic carbocycles. The molecule has 0 atom stereocenters. The Morgan fingerprint density at radius 2 is 1.80 bits per heavy atom. The third-order valence-electron chi connectivity index (χ3n) is 3.62. The monoisotopic (exact) mass is 557 g/mol. The average Bonchev–Trinajstić information content (AvgIpc) is 2.64. The van der Waals surface area contributed by atoms with Crippen LogP contribution in [-0.4, -0.2) is 72.5 Å². The van der Waals surface area contributed by atoms with Crippen LogP contribution in [0.2, 0.25) is 0 Å². The van der Waals surface area contributed by atoms with Gasteiger partial charge in [0.05, 0.1) is 25.1 Å². The molecule has 0 saturated carbocycles. The van der Waals surface area contributed by atoms with Gasteiger partial charge in [-0.15, -0.1) is 24.0 Å². The molecule has 0 fully saturated rings. The van der Waals surface area contributed by atoms with Crippen molar-refractivity contribution < 1.29 is 22.6 Å². The van der Waals surface area contributed by atoms with Crippen LogP contribution in [0.15, 0.2) is 29.3 Å². The molecule has 0 saturated heterocycles. The second-order valence-corrected chi connectivity index (χ2v) is 9.17. The Bertz CT molecular complexity index is 697. The molecule has 0 spiro atoms. The van der Waals surface area contributed by atoms with E-state index in [2.05, 4.69) is 15.6 Å². The van der Waals surface area contributed by atoms with E-state index in [1.807, 2.05) is 38.1 Å². The third kappa shape index (κ3) is 15.7. The Balaban J connectivity index is 0.00000841. The second-order valence-electron chi connectivity index (χ2n) is 6.92. The van der Waals surface area contributed by atoms with Crippen molar-refractivity contribution in [2.45, 2.75) is 32.8 Å². The topological polar surface area (TPSA) is 98.3 Å². The van der Waals surface area contributed by atoms with Crippen molar-refractivity contribution in [3.05, 3.63) is 24.3 Å². The normalized spacial score (nSPS) is 11.8. The van der Waals surface area contributed by atoms with E-state index >= 15 is 0 Å². The molecule has 0 aliphatic rings. The fourth-order valence-corrected chi connectivity index (χ4v) is 2.96. The van der Waals surface area contributed by atoms with Gasteiger partial charge in [-0.2, -0.15) is 0 Å². The molecule has 0 heterocycles. The highest BCUT2D eigenvalue weighted by Gasteiger charge is 2.04. The molecule has 0 bridgehead atoms. The highest BCUT2D eigenvalue weighted by Crippen LogP contribution is 2.16. The van der Waals surface area contributed by atoms with Crippen LogP contribution < -0.4 is 15.4 Å². The van der Waals surface area contributed by atoms with E-state index in [1.54, 1.807) is 7.11 Å². The molecule has 0 aliphatic heterocycles. The maximum atomic E-state index is 11.3. The van der Waals surface area contributed by atoms with E-state index in [4.69, 9.17) is 14.2 Å². The van der Waals surface area contributed by atoms with E-state index in [0.29, 0.717) is 45.3 Å². The maximum Gasteiger partial charge on any atom is 0.195 e. The molecule has 0 aromatic heterocycles. The fraction of sp³-hybridized carbons (Fsp3) is 0.650. The van der Waals surface area contributed by atoms with Crippen LogP contribution in [0.1, 0.15) is 26.7 Å². The van der Waals surface area contributed by atoms with Crippen LogP contribution in [-0.2, 0) is 19.3 Å². The van der Waals surface area contributed by atoms with Gasteiger partial charge in [0.25, 0.3) is 0 Å². The number of ether oxygens (including phenoxy) is 3. The third-order valence-corrected chi connectivity index (χ3v) is 4.65. The van der Waals surface area contributed by atoms with Gasteiger partial charge in [-0.1, -0.05) is 0 Å². The van der Waals surface area contributed by atoms with Crippen LogP contribution >= 0.6 is 24.0 Å². The van der Waals surface area contributed by atoms with Crippen LogP contribution in [0.4, 0.5) is 5.69 Å². The predicted molar refractivity (Wildman–Crippen MR) is 133 cm³/mol. The van der Waals surface area contributed by atoms with Crippen LogP contribution in [0, 0.1) is 0 Å². The summed E-state index contributed by atoms with van der Waals surface area (Å²) in [5, 5.41) is 6.49. The maximum absolute atomic E-state index is 11.3. The Kier molecular flexibility index (Phi) is 16.0. The van der Waals surface area contributed by atoms with Gasteiger partial charge in [0.15, 0.2) is 5.96 Å². The fourth-order valence-electron chi connectivity index (χ4n) is 2.31. The SMILES string of the molecule is COCCOCCCNC(=NCCCS(C)(=O)=O)Nc1ccc(OC(C)C)cc1.I. The number of anilines is 1. The summed E-state index contributed by atoms with van der Waals surface area (Å²) in [4.78, 5) is 4.48. The van der Waals surface area contributed by atoms with Crippen molar-refractivity contribution in [2.75, 3.05) is 57.3 Å². The molecule has 0 radical (unpaired) electrons. The molecule has 30 heavy (non-hydrogen) atoms. The van der Waals surface area contributed by atoms with Gasteiger partial charge in [-0.3, -0.25) is 4.99 Å². The number of rotatable bonds is 14. The molecule has 8 nitrogen and oxygen atoms in total. The summed E-state index contributed by atoms with van der Waals surface area (Å²) >= 11 is 0. The van der Waals surface area contributed by atoms with Gasteiger partial charge in [0.1, 0.15) is 15.6 Å². The lowest BCUT2D eigenvalue weighted by molar-refractivity contribution is 0.0699. The highest BCUT2D eigenvalue weighted by atomic mass is 127. The second kappa shape index (κ2) is 16.6. The molecule has 1 rings (SSSR count). The molecule has 0 unspecified atom stereocenters. The van der Waals surface area contributed by atoms with Crippen LogP contribution in [0.5, 0.6) is 5.75 Å². The zero-order chi connectivity index (χ0) is 21.5. The molecule has 1 aromatic rings. The molecule has 2 N–H and O–H groups in total. The number of hydrogen-bond donors (Lipinski definition) is 2. The zero-order valence-corrected chi connectivity index (χ0v) is 21.5. The van der Waals surface area contributed by atoms with Crippen molar-refractivity contribution >= 4 is 45.5 Å². The Morgan fingerprint density at radius 3 is 2.40 bits per heavy atom. The standard InChI is InChI=1S/C20H35N3O5S.HI/c1-17(2)28-19-9-7-18(8-10-19)23-20(22-12-6-16-29(4,24)25)21-11-5-13-27-15-14-26-3;/h7-10,17H,5-6,11-16H2,1-4H3,(H2,21,22,23);1H. The molecule has 10 heteroatoms. The minimum absolute atomic E-state index is 0. The van der Waals surface area contributed by atoms with Crippen molar-refractivity contribution in [1.29, 1.82) is 0 Å². The van der Waals surface area contributed by atoms with Crippen molar-refractivity contribution in [2.24, 2.45) is 4.99 Å². The van der Waals surface area contributed by atoms with Crippen LogP contribution in [0.3, 0.4) is 0 Å². The van der Waals surface area contributed by atoms with Gasteiger partial charge in [0, 0.05) is 38.7 Å². The molecule has 174 valence electrons. The largest absolute Gasteiger partial charge is 0.491 e. The Hall–Kier alpha value is -1.11. The van der Waals surface area contributed by atoms with Crippen molar-refractivity contribution in [1.82, 2.24) is 5.32 Å². The summed E-state index contributed by atoms with van der Waals surface area (Å²) in [6, 6.07) is 7.62. The van der Waals surface area contributed by atoms with E-state index in [1.165, 1.54) is 6.26 Å². The highest BCUT2D eigenvalue weighted by molar-refractivity contribution is 14.0. The summed E-state index contributed by atoms with van der Waals surface area (Å²) in [6.07, 6.45) is 2.65. The van der Waals surface area contributed by atoms with E-state index in [9.17, 15) is 8.42 Å². The van der Waals surface area contributed by atoms with E-state index in [-0.39, 0.29) is 35.8 Å². The first kappa shape index (κ1) is 28.9. The summed E-state index contributed by atoms with van der Waals surface area (Å²) in [5.41, 5.74) is 0.867. The van der Waals surface area contributed by atoms with E-state index in [0.717, 1.165) is 17.9 Å². The number of methoxy groups -OCH3 is 1. The van der Waals surface area contributed by atoms with Gasteiger partial charge in [-0.05, 0) is 51.0 Å². The van der Waals surface area contributed by atoms with Gasteiger partial charge in [0.2, 0.25) is 0 Å². The summed E-state index contributed by atoms with van der Waals surface area (Å²) < 4.78 is 38.6. The first-order valence-corrected chi connectivity index (χ1v) is 11.9. The first-order valence-electron chi connectivity index (χ1n) is 9.86. The van der Waals surface area contributed by atoms with Gasteiger partial charge < -0.3 is 24.8 Å². The number of nitrogens with zero attached hydrogens (tertiary/aromatic N) is 1. The average molecular weight is 557 g/mol. The minimum atomic E-state index is -2.98. The van der Waals surface area contributed by atoms with E-state index < -0.39 is 9.84 Å². The lowest BCUT2D eigenvalue weighted by Crippen LogP contribution is -2.32. The van der Waals surface area contributed by atoms with Gasteiger partial charge >= 0.3 is 0 Å². The number of guanidine groups is 1. The number of aliphatic imine (C=N–C) groups is 1. The number of benzene rings is 1. The number of sulfone groups is 1. The number of hydrogen-bond acceptors (Lipinski definition) is 6. The molecular formula is C20H36IN3O5S. The number of nitrogens with one attached hydrogen (secondary N) is 2. The predicted octanol–water partition coefficient (Wildman–Crippen LogP) is 2.94.